The number of halogens is 2. The Bertz CT molecular complexity index is 1420. The summed E-state index contributed by atoms with van der Waals surface area (Å²) in [4.78, 5) is 47.6. The van der Waals surface area contributed by atoms with Crippen LogP contribution in [0.25, 0.3) is 0 Å². The van der Waals surface area contributed by atoms with E-state index in [4.69, 9.17) is 11.6 Å². The lowest BCUT2D eigenvalue weighted by Crippen LogP contribution is -2.42. The highest BCUT2D eigenvalue weighted by Gasteiger charge is 2.31. The number of likely N-dealkylation sites (N-methyl/N-ethyl adjacent to an activating group) is 1. The van der Waals surface area contributed by atoms with Crippen LogP contribution in [-0.2, 0) is 17.6 Å². The van der Waals surface area contributed by atoms with Crippen molar-refractivity contribution in [1.29, 1.82) is 0 Å². The third-order valence-electron chi connectivity index (χ3n) is 6.72. The molecule has 2 aromatic heterocycles. The summed E-state index contributed by atoms with van der Waals surface area (Å²) in [5, 5.41) is 5.65. The maximum atomic E-state index is 14.6. The van der Waals surface area contributed by atoms with Crippen LogP contribution >= 0.6 is 11.6 Å². The number of hydrazine groups is 1. The summed E-state index contributed by atoms with van der Waals surface area (Å²) in [5.41, 5.74) is 8.07. The lowest BCUT2D eigenvalue weighted by Gasteiger charge is -2.22. The van der Waals surface area contributed by atoms with Gasteiger partial charge in [0.25, 0.3) is 5.91 Å². The quantitative estimate of drug-likeness (QED) is 0.371. The van der Waals surface area contributed by atoms with Gasteiger partial charge < -0.3 is 15.5 Å². The molecule has 1 fully saturated rings. The van der Waals surface area contributed by atoms with E-state index >= 15 is 0 Å². The van der Waals surface area contributed by atoms with Crippen LogP contribution in [0, 0.1) is 5.82 Å². The molecule has 3 heterocycles. The van der Waals surface area contributed by atoms with Crippen LogP contribution in [0.4, 0.5) is 15.0 Å². The molecule has 0 radical (unpaired) electrons. The summed E-state index contributed by atoms with van der Waals surface area (Å²) in [6.45, 7) is 0.572. The number of aryl methyl sites for hydroxylation is 1. The van der Waals surface area contributed by atoms with Crippen LogP contribution < -0.4 is 21.5 Å². The van der Waals surface area contributed by atoms with Crippen LogP contribution in [0.2, 0.25) is 5.02 Å². The number of nitrogens with one attached hydrogen (secondary N) is 4. The highest BCUT2D eigenvalue weighted by molar-refractivity contribution is 6.33. The van der Waals surface area contributed by atoms with Gasteiger partial charge >= 0.3 is 6.03 Å². The van der Waals surface area contributed by atoms with Gasteiger partial charge in [0.05, 0.1) is 16.6 Å². The number of carbonyl (C=O) groups is 3. The second-order valence-corrected chi connectivity index (χ2v) is 9.54. The number of rotatable bonds is 5. The molecule has 2 unspecified atom stereocenters. The number of pyridine rings is 2. The molecule has 0 saturated carbocycles. The number of hydrogen-bond acceptors (Lipinski definition) is 6. The van der Waals surface area contributed by atoms with Crippen molar-refractivity contribution in [2.75, 3.05) is 19.0 Å². The van der Waals surface area contributed by atoms with E-state index in [0.717, 1.165) is 11.3 Å². The first-order chi connectivity index (χ1) is 18.3. The number of carbonyl (C=O) groups excluding carboxylic acids is 3. The van der Waals surface area contributed by atoms with Crippen molar-refractivity contribution in [3.8, 4) is 0 Å². The van der Waals surface area contributed by atoms with Gasteiger partial charge in [-0.05, 0) is 48.6 Å². The molecule has 4 N–H and O–H groups in total. The monoisotopic (exact) mass is 537 g/mol. The Kier molecular flexibility index (Phi) is 7.10. The van der Waals surface area contributed by atoms with Gasteiger partial charge in [0.2, 0.25) is 5.91 Å². The van der Waals surface area contributed by atoms with Gasteiger partial charge in [0.1, 0.15) is 11.9 Å². The van der Waals surface area contributed by atoms with Gasteiger partial charge in [-0.2, -0.15) is 0 Å². The minimum absolute atomic E-state index is 0.0873. The third-order valence-corrected chi connectivity index (χ3v) is 7.01. The van der Waals surface area contributed by atoms with Crippen LogP contribution in [-0.4, -0.2) is 52.3 Å². The predicted molar refractivity (Wildman–Crippen MR) is 138 cm³/mol. The van der Waals surface area contributed by atoms with Crippen molar-refractivity contribution < 1.29 is 18.8 Å². The number of benzene rings is 1. The van der Waals surface area contributed by atoms with Crippen molar-refractivity contribution in [3.63, 3.8) is 0 Å². The number of nitrogens with zero attached hydrogens (tertiary/aromatic N) is 3. The standard InChI is InChI=1S/C26H25ClFN7O3/c1-35-11-9-21(25(35)37)31-24(36)14-12-18(27)23(30-13-14)33-34-26(38)32-22-16-4-2-6-19(28)15(16)7-8-20-17(22)5-3-10-29-20/h2-6,10,12-13,21-22H,7-9,11H2,1H3,(H,30,33)(H,31,36)(H2,32,34,38). The SMILES string of the molecule is CN1CCC(NC(=O)c2cnc(NNC(=O)NC3c4cccnc4CCc4c(F)cccc43)c(Cl)c2)C1=O. The Balaban J connectivity index is 1.26. The molecule has 4 amide bonds. The van der Waals surface area contributed by atoms with E-state index in [9.17, 15) is 18.8 Å². The van der Waals surface area contributed by atoms with E-state index in [-0.39, 0.29) is 28.1 Å². The second-order valence-electron chi connectivity index (χ2n) is 9.13. The topological polar surface area (TPSA) is 128 Å². The minimum atomic E-state index is -0.624. The Morgan fingerprint density at radius 2 is 1.92 bits per heavy atom. The van der Waals surface area contributed by atoms with E-state index < -0.39 is 24.0 Å². The first-order valence-electron chi connectivity index (χ1n) is 12.1. The normalized spacial score (nSPS) is 18.2. The average molecular weight is 538 g/mol. The van der Waals surface area contributed by atoms with Crippen LogP contribution in [0.15, 0.2) is 48.8 Å². The van der Waals surface area contributed by atoms with E-state index in [1.807, 2.05) is 6.07 Å². The van der Waals surface area contributed by atoms with E-state index in [1.165, 1.54) is 18.3 Å². The van der Waals surface area contributed by atoms with Crippen molar-refractivity contribution >= 4 is 35.3 Å². The van der Waals surface area contributed by atoms with Gasteiger partial charge in [-0.1, -0.05) is 29.8 Å². The lowest BCUT2D eigenvalue weighted by atomic mass is 9.96. The molecule has 5 rings (SSSR count). The summed E-state index contributed by atoms with van der Waals surface area (Å²) in [7, 11) is 1.68. The Morgan fingerprint density at radius 1 is 1.11 bits per heavy atom. The highest BCUT2D eigenvalue weighted by atomic mass is 35.5. The largest absolute Gasteiger partial charge is 0.344 e. The third kappa shape index (κ3) is 5.10. The molecule has 196 valence electrons. The molecule has 1 aliphatic heterocycles. The summed E-state index contributed by atoms with van der Waals surface area (Å²) in [5.74, 6) is -0.838. The number of amides is 4. The van der Waals surface area contributed by atoms with E-state index in [0.29, 0.717) is 36.9 Å². The molecule has 38 heavy (non-hydrogen) atoms. The summed E-state index contributed by atoms with van der Waals surface area (Å²) in [6.07, 6.45) is 4.51. The Morgan fingerprint density at radius 3 is 2.68 bits per heavy atom. The summed E-state index contributed by atoms with van der Waals surface area (Å²) in [6, 6.07) is 8.02. The molecule has 2 atom stereocenters. The van der Waals surface area contributed by atoms with Crippen molar-refractivity contribution in [3.05, 3.63) is 87.6 Å². The van der Waals surface area contributed by atoms with Crippen LogP contribution in [0.3, 0.4) is 0 Å². The fourth-order valence-electron chi connectivity index (χ4n) is 4.73. The van der Waals surface area contributed by atoms with Crippen molar-refractivity contribution in [2.45, 2.75) is 31.3 Å². The number of hydrogen-bond donors (Lipinski definition) is 4. The van der Waals surface area contributed by atoms with Crippen molar-refractivity contribution in [2.24, 2.45) is 0 Å². The lowest BCUT2D eigenvalue weighted by molar-refractivity contribution is -0.128. The molecule has 1 aliphatic carbocycles. The van der Waals surface area contributed by atoms with Gasteiger partial charge in [-0.3, -0.25) is 25.4 Å². The first-order valence-corrected chi connectivity index (χ1v) is 12.4. The molecule has 1 aromatic carbocycles. The fourth-order valence-corrected chi connectivity index (χ4v) is 4.95. The Labute approximate surface area is 223 Å². The first kappa shape index (κ1) is 25.4. The van der Waals surface area contributed by atoms with E-state index in [2.05, 4.69) is 31.5 Å². The van der Waals surface area contributed by atoms with Crippen LogP contribution in [0.1, 0.15) is 45.2 Å². The number of likely N-dealkylation sites (tertiary alicyclic amines) is 1. The fraction of sp³-hybridized carbons (Fsp3) is 0.269. The minimum Gasteiger partial charge on any atom is -0.344 e. The van der Waals surface area contributed by atoms with Crippen molar-refractivity contribution in [1.82, 2.24) is 30.9 Å². The Hall–Kier alpha value is -4.25. The molecular formula is C26H25ClFN7O3. The van der Waals surface area contributed by atoms with Crippen LogP contribution in [0.5, 0.6) is 0 Å². The zero-order valence-corrected chi connectivity index (χ0v) is 21.2. The molecule has 1 saturated heterocycles. The summed E-state index contributed by atoms with van der Waals surface area (Å²) >= 11 is 6.29. The van der Waals surface area contributed by atoms with Gasteiger partial charge in [0.15, 0.2) is 5.82 Å². The zero-order valence-electron chi connectivity index (χ0n) is 20.4. The molecule has 12 heteroatoms. The highest BCUT2D eigenvalue weighted by Crippen LogP contribution is 2.32. The molecule has 10 nitrogen and oxygen atoms in total. The number of urea groups is 1. The number of aromatic nitrogens is 2. The predicted octanol–water partition coefficient (Wildman–Crippen LogP) is 2.74. The summed E-state index contributed by atoms with van der Waals surface area (Å²) < 4.78 is 14.6. The average Bonchev–Trinajstić information content (AvgIpc) is 3.13. The number of anilines is 1. The number of fused-ring (bicyclic) bond motifs is 2. The maximum Gasteiger partial charge on any atom is 0.334 e. The van der Waals surface area contributed by atoms with E-state index in [1.54, 1.807) is 36.3 Å². The van der Waals surface area contributed by atoms with Gasteiger partial charge in [0, 0.05) is 37.2 Å². The smallest absolute Gasteiger partial charge is 0.334 e. The second kappa shape index (κ2) is 10.6. The molecular weight excluding hydrogens is 513 g/mol. The molecule has 0 bridgehead atoms. The maximum absolute atomic E-state index is 14.6. The molecule has 0 spiro atoms. The molecule has 3 aromatic rings. The van der Waals surface area contributed by atoms with Gasteiger partial charge in [-0.25, -0.2) is 14.2 Å². The van der Waals surface area contributed by atoms with Gasteiger partial charge in [-0.15, -0.1) is 0 Å². The molecule has 2 aliphatic rings. The zero-order chi connectivity index (χ0) is 26.8.